The summed E-state index contributed by atoms with van der Waals surface area (Å²) in [5.74, 6) is -3.24. The first-order valence-electron chi connectivity index (χ1n) is 33.8. The van der Waals surface area contributed by atoms with Crippen molar-refractivity contribution in [3.05, 3.63) is 164 Å². The molecule has 0 saturated heterocycles. The molecule has 0 bridgehead atoms. The quantitative estimate of drug-likeness (QED) is 0.00951. The zero-order chi connectivity index (χ0) is 73.2. The highest BCUT2D eigenvalue weighted by Crippen LogP contribution is 2.58. The molecule has 0 aromatic heterocycles. The van der Waals surface area contributed by atoms with E-state index in [-0.39, 0.29) is 140 Å². The van der Waals surface area contributed by atoms with Crippen molar-refractivity contribution >= 4 is 96.3 Å². The fourth-order valence-corrected chi connectivity index (χ4v) is 16.5. The number of aryl methyl sites for hydroxylation is 8. The van der Waals surface area contributed by atoms with Gasteiger partial charge in [-0.15, -0.1) is 0 Å². The van der Waals surface area contributed by atoms with Gasteiger partial charge in [-0.25, -0.2) is 9.59 Å². The van der Waals surface area contributed by atoms with E-state index in [4.69, 9.17) is 64.5 Å². The molecule has 2 aliphatic rings. The number of hydrogen-bond donors (Lipinski definition) is 0. The number of benzene rings is 9. The fourth-order valence-electron chi connectivity index (χ4n) is 14.0. The van der Waals surface area contributed by atoms with Crippen molar-refractivity contribution < 1.29 is 93.2 Å². The van der Waals surface area contributed by atoms with Crippen molar-refractivity contribution in [2.45, 2.75) is 107 Å². The molecule has 102 heavy (non-hydrogen) atoms. The maximum absolute atomic E-state index is 16.2. The molecular formula is C78H86N2O20Si2. The molecule has 0 aliphatic carbocycles. The van der Waals surface area contributed by atoms with Crippen LogP contribution in [0.3, 0.4) is 0 Å². The third kappa shape index (κ3) is 14.5. The number of amides is 4. The molecule has 0 N–H and O–H groups in total. The predicted octanol–water partition coefficient (Wildman–Crippen LogP) is 14.9. The Morgan fingerprint density at radius 2 is 0.569 bits per heavy atom. The van der Waals surface area contributed by atoms with Gasteiger partial charge in [0.1, 0.15) is 83.8 Å². The molecular weight excluding hydrogens is 1340 g/mol. The van der Waals surface area contributed by atoms with Crippen molar-refractivity contribution in [3.8, 4) is 46.0 Å². The van der Waals surface area contributed by atoms with Gasteiger partial charge >= 0.3 is 29.5 Å². The lowest BCUT2D eigenvalue weighted by molar-refractivity contribution is -0.150. The van der Waals surface area contributed by atoms with Crippen LogP contribution >= 0.6 is 0 Å². The number of imide groups is 2. The van der Waals surface area contributed by atoms with E-state index < -0.39 is 65.3 Å². The van der Waals surface area contributed by atoms with Gasteiger partial charge in [0.15, 0.2) is 0 Å². The molecule has 2 atom stereocenters. The highest BCUT2D eigenvalue weighted by molar-refractivity contribution is 6.60. The van der Waals surface area contributed by atoms with E-state index in [1.54, 1.807) is 24.3 Å². The van der Waals surface area contributed by atoms with Crippen LogP contribution in [0.2, 0.25) is 0 Å². The van der Waals surface area contributed by atoms with Gasteiger partial charge < -0.3 is 64.5 Å². The van der Waals surface area contributed by atoms with Crippen LogP contribution in [0.4, 0.5) is 0 Å². The van der Waals surface area contributed by atoms with Crippen LogP contribution in [0.25, 0.3) is 43.1 Å². The molecule has 9 aromatic carbocycles. The molecule has 0 saturated carbocycles. The van der Waals surface area contributed by atoms with Crippen molar-refractivity contribution in [1.82, 2.24) is 9.80 Å². The minimum absolute atomic E-state index is 0.0147. The summed E-state index contributed by atoms with van der Waals surface area (Å²) in [6.45, 7) is 18.4. The Hall–Kier alpha value is -9.19. The molecule has 22 nitrogen and oxygen atoms in total. The van der Waals surface area contributed by atoms with E-state index in [1.165, 1.54) is 42.7 Å². The van der Waals surface area contributed by atoms with E-state index in [9.17, 15) is 9.59 Å². The molecule has 9 aromatic rings. The third-order valence-electron chi connectivity index (χ3n) is 18.3. The van der Waals surface area contributed by atoms with Crippen LogP contribution in [0.1, 0.15) is 125 Å². The SMILES string of the molecule is CCCC(C(=O)OCCOC[Si](OC)(OC)OC)N1C(=O)c2cc(Oc3cc(C)cc(C)c3)c3c4c(Oc5cc(C)cc(C)c5)cc5c6c(cc(Oc7cc(C)cc(C)c7)c(c7c(Oc8cc(C)cc(C)c8)cc(c2c37)C1=O)c64)C(=O)N(C(CCC)C(=O)OCCOC[Si](OC)(OC)OC)C5=O. The van der Waals surface area contributed by atoms with Gasteiger partial charge in [0, 0.05) is 85.7 Å². The highest BCUT2D eigenvalue weighted by Gasteiger charge is 2.47. The Kier molecular flexibility index (Phi) is 22.3. The average Bonchev–Trinajstić information content (AvgIpc) is 0.662. The molecule has 24 heteroatoms. The van der Waals surface area contributed by atoms with Gasteiger partial charge in [0.2, 0.25) is 0 Å². The normalized spacial score (nSPS) is 13.8. The van der Waals surface area contributed by atoms with Crippen LogP contribution in [-0.2, 0) is 55.1 Å². The van der Waals surface area contributed by atoms with Crippen molar-refractivity contribution in [1.29, 1.82) is 0 Å². The molecule has 0 spiro atoms. The minimum Gasteiger partial charge on any atom is -0.462 e. The van der Waals surface area contributed by atoms with Crippen molar-refractivity contribution in [3.63, 3.8) is 0 Å². The lowest BCUT2D eigenvalue weighted by atomic mass is 9.80. The van der Waals surface area contributed by atoms with E-state index in [0.29, 0.717) is 35.8 Å². The molecule has 11 rings (SSSR count). The third-order valence-corrected chi connectivity index (χ3v) is 23.2. The van der Waals surface area contributed by atoms with Crippen molar-refractivity contribution in [2.24, 2.45) is 0 Å². The Bertz CT molecular complexity index is 4150. The first-order valence-corrected chi connectivity index (χ1v) is 37.7. The van der Waals surface area contributed by atoms with E-state index in [0.717, 1.165) is 54.3 Å². The summed E-state index contributed by atoms with van der Waals surface area (Å²) in [6.07, 6.45) is 0.630. The summed E-state index contributed by atoms with van der Waals surface area (Å²) < 4.78 is 85.5. The van der Waals surface area contributed by atoms with E-state index >= 15 is 19.2 Å². The zero-order valence-corrected chi connectivity index (χ0v) is 62.5. The van der Waals surface area contributed by atoms with Crippen LogP contribution in [0.15, 0.2) is 97.1 Å². The monoisotopic (exact) mass is 1430 g/mol. The number of carbonyl (C=O) groups is 6. The van der Waals surface area contributed by atoms with Gasteiger partial charge in [-0.3, -0.25) is 29.0 Å². The van der Waals surface area contributed by atoms with Crippen LogP contribution in [0, 0.1) is 55.4 Å². The van der Waals surface area contributed by atoms with Crippen LogP contribution in [0.5, 0.6) is 46.0 Å². The van der Waals surface area contributed by atoms with Gasteiger partial charge in [0.25, 0.3) is 23.6 Å². The van der Waals surface area contributed by atoms with Gasteiger partial charge in [0.05, 0.1) is 35.5 Å². The molecule has 0 fully saturated rings. The summed E-state index contributed by atoms with van der Waals surface area (Å²) in [5, 5.41) is 2.00. The molecule has 2 unspecified atom stereocenters. The molecule has 2 heterocycles. The van der Waals surface area contributed by atoms with Crippen LogP contribution in [-0.4, -0.2) is 157 Å². The summed E-state index contributed by atoms with van der Waals surface area (Å²) in [4.78, 5) is 96.2. The minimum atomic E-state index is -3.17. The largest absolute Gasteiger partial charge is 0.527 e. The number of nitrogens with zero attached hydrogens (tertiary/aromatic N) is 2. The number of carbonyl (C=O) groups excluding carboxylic acids is 6. The summed E-state index contributed by atoms with van der Waals surface area (Å²) >= 11 is 0. The van der Waals surface area contributed by atoms with Crippen molar-refractivity contribution in [2.75, 3.05) is 81.5 Å². The Morgan fingerprint density at radius 1 is 0.333 bits per heavy atom. The molecule has 0 radical (unpaired) electrons. The highest BCUT2D eigenvalue weighted by atomic mass is 28.4. The summed E-state index contributed by atoms with van der Waals surface area (Å²) in [7, 11) is 2.35. The Balaban J connectivity index is 1.24. The lowest BCUT2D eigenvalue weighted by Crippen LogP contribution is -2.51. The number of fused-ring (bicyclic) bond motifs is 2. The van der Waals surface area contributed by atoms with Gasteiger partial charge in [-0.1, -0.05) is 51.0 Å². The number of hydrogen-bond acceptors (Lipinski definition) is 20. The standard InChI is InChI=1S/C78H86N2O20Si2/c1-17-19-59(77(85)95-23-21-93-41-101(87-11,88-12)89-13)79-73(81)55-37-61(97-51-29-43(3)25-44(4)30-51)67-69-63(99-53-33-47(7)27-48(8)34-53)39-57-66-58(76(84)80(75(57)83)60(20-18-2)78(86)96-24-22-94-42-102(90-14,91-15)92-16)40-64(100-54-35-49(9)28-50(10)36-54)70(72(66)69)68-62(38-56(74(79)82)65(55)71(67)68)98-52-31-45(5)26-46(6)32-52/h25-40,59-60H,17-24,41-42H2,1-16H3. The maximum atomic E-state index is 16.2. The fraction of sp³-hybridized carbons (Fsp3) is 0.359. The summed E-state index contributed by atoms with van der Waals surface area (Å²) in [5.41, 5.74) is 6.75. The van der Waals surface area contributed by atoms with Gasteiger partial charge in [-0.2, -0.15) is 0 Å². The van der Waals surface area contributed by atoms with E-state index in [1.807, 2.05) is 142 Å². The maximum Gasteiger partial charge on any atom is 0.527 e. The van der Waals surface area contributed by atoms with Gasteiger partial charge in [-0.05, 0) is 186 Å². The predicted molar refractivity (Wildman–Crippen MR) is 387 cm³/mol. The number of rotatable bonds is 32. The molecule has 536 valence electrons. The Morgan fingerprint density at radius 3 is 0.784 bits per heavy atom. The Labute approximate surface area is 594 Å². The lowest BCUT2D eigenvalue weighted by Gasteiger charge is -2.35. The first-order chi connectivity index (χ1) is 48.9. The zero-order valence-electron chi connectivity index (χ0n) is 60.5. The van der Waals surface area contributed by atoms with E-state index in [2.05, 4.69) is 0 Å². The smallest absolute Gasteiger partial charge is 0.462 e. The number of esters is 2. The number of ether oxygens (including phenoxy) is 8. The average molecular weight is 1430 g/mol. The molecule has 2 aliphatic heterocycles. The first kappa shape index (κ1) is 74.0. The second kappa shape index (κ2) is 30.8. The second-order valence-corrected chi connectivity index (χ2v) is 31.8. The second-order valence-electron chi connectivity index (χ2n) is 26.0. The molecule has 4 amide bonds. The van der Waals surface area contributed by atoms with Crippen LogP contribution < -0.4 is 18.9 Å². The summed E-state index contributed by atoms with van der Waals surface area (Å²) in [6, 6.07) is 26.1. The topological polar surface area (TPSA) is 238 Å².